The molecule has 1 N–H and O–H groups in total. The number of sulfonamides is 1. The summed E-state index contributed by atoms with van der Waals surface area (Å²) in [5, 5.41) is 3.02. The van der Waals surface area contributed by atoms with E-state index in [-0.39, 0.29) is 17.2 Å². The molecular formula is C19H20Cl2N2O5S. The first-order valence-corrected chi connectivity index (χ1v) is 11.1. The maximum absolute atomic E-state index is 12.5. The highest BCUT2D eigenvalue weighted by atomic mass is 35.5. The van der Waals surface area contributed by atoms with Gasteiger partial charge in [-0.1, -0.05) is 29.3 Å². The zero-order valence-electron chi connectivity index (χ0n) is 16.0. The van der Waals surface area contributed by atoms with Gasteiger partial charge >= 0.3 is 5.97 Å². The Bertz CT molecular complexity index is 1040. The van der Waals surface area contributed by atoms with Crippen LogP contribution in [0.15, 0.2) is 36.4 Å². The van der Waals surface area contributed by atoms with Crippen molar-refractivity contribution in [3.05, 3.63) is 57.6 Å². The molecule has 7 nitrogen and oxygen atoms in total. The molecule has 0 saturated carbocycles. The number of benzene rings is 2. The van der Waals surface area contributed by atoms with Crippen LogP contribution in [-0.4, -0.2) is 39.7 Å². The van der Waals surface area contributed by atoms with Gasteiger partial charge in [-0.15, -0.1) is 0 Å². The predicted octanol–water partition coefficient (Wildman–Crippen LogP) is 3.88. The first-order chi connectivity index (χ1) is 13.5. The standard InChI is InChI=1S/C19H20Cl2N2O5S/c1-4-28-19(25)15-8-7-14(10-16(15)21)22-18(24)11-23(29(3,26)27)17-9-13(20)6-5-12(17)2/h5-10H,4,11H2,1-3H3,(H,22,24). The van der Waals surface area contributed by atoms with Gasteiger partial charge in [0.05, 0.1) is 29.1 Å². The number of hydrogen-bond donors (Lipinski definition) is 1. The highest BCUT2D eigenvalue weighted by Crippen LogP contribution is 2.27. The van der Waals surface area contributed by atoms with Gasteiger partial charge in [0.25, 0.3) is 0 Å². The predicted molar refractivity (Wildman–Crippen MR) is 114 cm³/mol. The van der Waals surface area contributed by atoms with Crippen LogP contribution < -0.4 is 9.62 Å². The maximum atomic E-state index is 12.5. The molecule has 2 rings (SSSR count). The summed E-state index contributed by atoms with van der Waals surface area (Å²) in [4.78, 5) is 24.3. The van der Waals surface area contributed by atoms with Crippen molar-refractivity contribution >= 4 is 56.5 Å². The molecular weight excluding hydrogens is 439 g/mol. The molecule has 0 bridgehead atoms. The van der Waals surface area contributed by atoms with Crippen LogP contribution in [0.3, 0.4) is 0 Å². The van der Waals surface area contributed by atoms with E-state index in [0.29, 0.717) is 22.0 Å². The molecule has 0 radical (unpaired) electrons. The molecule has 29 heavy (non-hydrogen) atoms. The summed E-state index contributed by atoms with van der Waals surface area (Å²) in [5.41, 5.74) is 1.43. The number of esters is 1. The Hall–Kier alpha value is -2.29. The van der Waals surface area contributed by atoms with E-state index >= 15 is 0 Å². The number of carbonyl (C=O) groups excluding carboxylic acids is 2. The molecule has 10 heteroatoms. The highest BCUT2D eigenvalue weighted by molar-refractivity contribution is 7.92. The van der Waals surface area contributed by atoms with Crippen molar-refractivity contribution in [1.29, 1.82) is 0 Å². The molecule has 156 valence electrons. The summed E-state index contributed by atoms with van der Waals surface area (Å²) >= 11 is 12.1. The largest absolute Gasteiger partial charge is 0.462 e. The molecule has 2 aromatic rings. The van der Waals surface area contributed by atoms with Crippen LogP contribution in [0.2, 0.25) is 10.0 Å². The first-order valence-electron chi connectivity index (χ1n) is 8.53. The smallest absolute Gasteiger partial charge is 0.339 e. The zero-order chi connectivity index (χ0) is 21.8. The molecule has 0 atom stereocenters. The van der Waals surface area contributed by atoms with Gasteiger partial charge in [-0.25, -0.2) is 13.2 Å². The Balaban J connectivity index is 2.22. The van der Waals surface area contributed by atoms with Crippen molar-refractivity contribution < 1.29 is 22.7 Å². The number of anilines is 2. The van der Waals surface area contributed by atoms with Gasteiger partial charge in [0.2, 0.25) is 15.9 Å². The normalized spacial score (nSPS) is 11.1. The molecule has 0 heterocycles. The van der Waals surface area contributed by atoms with Crippen LogP contribution in [-0.2, 0) is 19.6 Å². The summed E-state index contributed by atoms with van der Waals surface area (Å²) in [5.74, 6) is -1.16. The van der Waals surface area contributed by atoms with Gasteiger partial charge in [0.15, 0.2) is 0 Å². The SMILES string of the molecule is CCOC(=O)c1ccc(NC(=O)CN(c2cc(Cl)ccc2C)S(C)(=O)=O)cc1Cl. The highest BCUT2D eigenvalue weighted by Gasteiger charge is 2.23. The van der Waals surface area contributed by atoms with Crippen LogP contribution in [0.1, 0.15) is 22.8 Å². The second-order valence-electron chi connectivity index (χ2n) is 6.16. The number of carbonyl (C=O) groups is 2. The molecule has 0 aliphatic carbocycles. The van der Waals surface area contributed by atoms with Crippen LogP contribution in [0.5, 0.6) is 0 Å². The number of hydrogen-bond acceptors (Lipinski definition) is 5. The lowest BCUT2D eigenvalue weighted by Gasteiger charge is -2.24. The third-order valence-electron chi connectivity index (χ3n) is 3.88. The van der Waals surface area contributed by atoms with E-state index in [1.807, 2.05) is 0 Å². The number of nitrogens with one attached hydrogen (secondary N) is 1. The number of ether oxygens (including phenoxy) is 1. The summed E-state index contributed by atoms with van der Waals surface area (Å²) in [6.07, 6.45) is 1.01. The van der Waals surface area contributed by atoms with Gasteiger partial charge in [0, 0.05) is 10.7 Å². The summed E-state index contributed by atoms with van der Waals surface area (Å²) in [7, 11) is -3.75. The van der Waals surface area contributed by atoms with Gasteiger partial charge in [-0.2, -0.15) is 0 Å². The molecule has 0 saturated heterocycles. The minimum absolute atomic E-state index is 0.104. The third kappa shape index (κ3) is 6.09. The Morgan fingerprint density at radius 3 is 2.41 bits per heavy atom. The van der Waals surface area contributed by atoms with E-state index in [2.05, 4.69) is 5.32 Å². The molecule has 0 spiro atoms. The summed E-state index contributed by atoms with van der Waals surface area (Å²) in [6.45, 7) is 3.14. The van der Waals surface area contributed by atoms with Gasteiger partial charge in [-0.3, -0.25) is 9.10 Å². The maximum Gasteiger partial charge on any atom is 0.339 e. The molecule has 0 aromatic heterocycles. The molecule has 0 aliphatic heterocycles. The zero-order valence-corrected chi connectivity index (χ0v) is 18.4. The number of rotatable bonds is 7. The Morgan fingerprint density at radius 2 is 1.83 bits per heavy atom. The van der Waals surface area contributed by atoms with Crippen molar-refractivity contribution in [3.63, 3.8) is 0 Å². The second-order valence-corrected chi connectivity index (χ2v) is 8.91. The number of halogens is 2. The monoisotopic (exact) mass is 458 g/mol. The number of amides is 1. The Kier molecular flexibility index (Phi) is 7.51. The van der Waals surface area contributed by atoms with E-state index in [1.165, 1.54) is 24.3 Å². The number of aryl methyl sites for hydroxylation is 1. The van der Waals surface area contributed by atoms with Crippen molar-refractivity contribution in [2.45, 2.75) is 13.8 Å². The summed E-state index contributed by atoms with van der Waals surface area (Å²) < 4.78 is 30.4. The molecule has 2 aromatic carbocycles. The average Bonchev–Trinajstić information content (AvgIpc) is 2.61. The Morgan fingerprint density at radius 1 is 1.14 bits per heavy atom. The quantitative estimate of drug-likeness (QED) is 0.635. The fourth-order valence-electron chi connectivity index (χ4n) is 2.53. The van der Waals surface area contributed by atoms with E-state index < -0.39 is 28.4 Å². The van der Waals surface area contributed by atoms with Crippen molar-refractivity contribution in [2.75, 3.05) is 29.0 Å². The van der Waals surface area contributed by atoms with Gasteiger partial charge in [0.1, 0.15) is 6.54 Å². The van der Waals surface area contributed by atoms with Crippen molar-refractivity contribution in [3.8, 4) is 0 Å². The topological polar surface area (TPSA) is 92.8 Å². The van der Waals surface area contributed by atoms with Gasteiger partial charge in [-0.05, 0) is 49.7 Å². The number of nitrogens with zero attached hydrogens (tertiary/aromatic N) is 1. The van der Waals surface area contributed by atoms with E-state index in [4.69, 9.17) is 27.9 Å². The molecule has 0 unspecified atom stereocenters. The third-order valence-corrected chi connectivity index (χ3v) is 5.55. The molecule has 0 fully saturated rings. The van der Waals surface area contributed by atoms with Crippen LogP contribution in [0.4, 0.5) is 11.4 Å². The average molecular weight is 459 g/mol. The van der Waals surface area contributed by atoms with Crippen molar-refractivity contribution in [1.82, 2.24) is 0 Å². The van der Waals surface area contributed by atoms with E-state index in [1.54, 1.807) is 26.0 Å². The van der Waals surface area contributed by atoms with Crippen molar-refractivity contribution in [2.24, 2.45) is 0 Å². The van der Waals surface area contributed by atoms with Crippen LogP contribution in [0.25, 0.3) is 0 Å². The molecule has 1 amide bonds. The van der Waals surface area contributed by atoms with E-state index in [0.717, 1.165) is 10.6 Å². The fourth-order valence-corrected chi connectivity index (χ4v) is 3.86. The van der Waals surface area contributed by atoms with Crippen LogP contribution in [0, 0.1) is 6.92 Å². The summed E-state index contributed by atoms with van der Waals surface area (Å²) in [6, 6.07) is 9.07. The Labute approximate surface area is 179 Å². The minimum Gasteiger partial charge on any atom is -0.462 e. The minimum atomic E-state index is -3.75. The fraction of sp³-hybridized carbons (Fsp3) is 0.263. The van der Waals surface area contributed by atoms with Gasteiger partial charge < -0.3 is 10.1 Å². The van der Waals surface area contributed by atoms with E-state index in [9.17, 15) is 18.0 Å². The lowest BCUT2D eigenvalue weighted by molar-refractivity contribution is -0.114. The second kappa shape index (κ2) is 9.47. The first kappa shape index (κ1) is 23.0. The lowest BCUT2D eigenvalue weighted by Crippen LogP contribution is -2.37. The molecule has 0 aliphatic rings. The lowest BCUT2D eigenvalue weighted by atomic mass is 10.2. The van der Waals surface area contributed by atoms with Crippen LogP contribution >= 0.6 is 23.2 Å².